The van der Waals surface area contributed by atoms with Crippen LogP contribution >= 0.6 is 0 Å². The number of rotatable bonds is 3. The zero-order valence-corrected chi connectivity index (χ0v) is 19.3. The minimum absolute atomic E-state index is 0.231. The number of allylic oxidation sites excluding steroid dienone is 4. The zero-order valence-electron chi connectivity index (χ0n) is 19.3. The second kappa shape index (κ2) is 7.45. The average molecular weight is 409 g/mol. The first-order valence-corrected chi connectivity index (χ1v) is 12.8. The van der Waals surface area contributed by atoms with Crippen molar-refractivity contribution in [1.82, 2.24) is 0 Å². The predicted octanol–water partition coefficient (Wildman–Crippen LogP) is 6.70. The molecule has 0 aromatic carbocycles. The Morgan fingerprint density at radius 3 is 2.33 bits per heavy atom. The normalized spacial score (nSPS) is 46.5. The Kier molecular flexibility index (Phi) is 5.14. The van der Waals surface area contributed by atoms with Crippen molar-refractivity contribution >= 4 is 12.6 Å². The standard InChI is InChI=1S/C28H40O2/c1-18-13-22-14-19(16-29)9-11-27(22,2)23-10-12-28(3)24(25(18)23)15-21(17-30)26(28)20-7-5-4-6-8-20/h13,16-20,23-25H,4-12,14-15H2,1-3H3/t18?,19?,23-,24+,25-,27+,28+/m1/s1. The Balaban J connectivity index is 1.50. The number of hydrogen-bond acceptors (Lipinski definition) is 2. The highest BCUT2D eigenvalue weighted by atomic mass is 16.1. The van der Waals surface area contributed by atoms with Gasteiger partial charge in [-0.05, 0) is 97.4 Å². The van der Waals surface area contributed by atoms with Gasteiger partial charge in [0.05, 0.1) is 0 Å². The van der Waals surface area contributed by atoms with Gasteiger partial charge in [-0.2, -0.15) is 0 Å². The van der Waals surface area contributed by atoms with Crippen molar-refractivity contribution in [3.05, 3.63) is 22.8 Å². The maximum absolute atomic E-state index is 12.2. The number of carbonyl (C=O) groups excluding carboxylic acids is 2. The van der Waals surface area contributed by atoms with Crippen LogP contribution < -0.4 is 0 Å². The topological polar surface area (TPSA) is 34.1 Å². The SMILES string of the molecule is CC1C=C2CC(C=O)CC[C@]2(C)[C@@H]2CC[C@]3(C)C(C4CCCCC4)=C(C=O)C[C@H]3[C@H]12. The molecule has 2 nitrogen and oxygen atoms in total. The summed E-state index contributed by atoms with van der Waals surface area (Å²) in [5, 5.41) is 0. The Bertz CT molecular complexity index is 784. The van der Waals surface area contributed by atoms with E-state index >= 15 is 0 Å². The van der Waals surface area contributed by atoms with Crippen molar-refractivity contribution < 1.29 is 9.59 Å². The van der Waals surface area contributed by atoms with Gasteiger partial charge < -0.3 is 4.79 Å². The fourth-order valence-electron chi connectivity index (χ4n) is 9.15. The quantitative estimate of drug-likeness (QED) is 0.385. The summed E-state index contributed by atoms with van der Waals surface area (Å²) in [6, 6.07) is 0. The van der Waals surface area contributed by atoms with Crippen LogP contribution in [0.1, 0.15) is 91.4 Å². The minimum Gasteiger partial charge on any atom is -0.303 e. The summed E-state index contributed by atoms with van der Waals surface area (Å²) in [6.45, 7) is 7.47. The lowest BCUT2D eigenvalue weighted by molar-refractivity contribution is -0.112. The van der Waals surface area contributed by atoms with E-state index in [1.807, 2.05) is 0 Å². The molecule has 3 fully saturated rings. The summed E-state index contributed by atoms with van der Waals surface area (Å²) in [6.07, 6.45) is 18.4. The molecule has 0 amide bonds. The van der Waals surface area contributed by atoms with Crippen LogP contribution in [0.2, 0.25) is 0 Å². The van der Waals surface area contributed by atoms with Gasteiger partial charge in [0, 0.05) is 5.92 Å². The molecule has 2 unspecified atom stereocenters. The molecule has 5 aliphatic rings. The van der Waals surface area contributed by atoms with E-state index in [-0.39, 0.29) is 16.7 Å². The molecule has 0 bridgehead atoms. The monoisotopic (exact) mass is 408 g/mol. The summed E-state index contributed by atoms with van der Waals surface area (Å²) in [5.41, 5.74) is 4.86. The van der Waals surface area contributed by atoms with Crippen LogP contribution in [0.3, 0.4) is 0 Å². The lowest BCUT2D eigenvalue weighted by atomic mass is 9.45. The highest BCUT2D eigenvalue weighted by Gasteiger charge is 2.60. The van der Waals surface area contributed by atoms with Crippen molar-refractivity contribution in [2.24, 2.45) is 46.3 Å². The lowest BCUT2D eigenvalue weighted by Gasteiger charge is -2.60. The van der Waals surface area contributed by atoms with Gasteiger partial charge in [0.2, 0.25) is 0 Å². The molecule has 0 aromatic rings. The minimum atomic E-state index is 0.231. The van der Waals surface area contributed by atoms with Crippen LogP contribution in [-0.2, 0) is 9.59 Å². The van der Waals surface area contributed by atoms with Gasteiger partial charge in [0.1, 0.15) is 12.6 Å². The molecule has 2 heteroatoms. The summed E-state index contributed by atoms with van der Waals surface area (Å²) in [5.74, 6) is 3.48. The van der Waals surface area contributed by atoms with Crippen molar-refractivity contribution in [2.75, 3.05) is 0 Å². The molecule has 5 rings (SSSR count). The Labute approximate surface area is 183 Å². The molecular weight excluding hydrogens is 368 g/mol. The second-order valence-electron chi connectivity index (χ2n) is 11.9. The number of hydrogen-bond donors (Lipinski definition) is 0. The molecule has 0 saturated heterocycles. The molecule has 5 aliphatic carbocycles. The van der Waals surface area contributed by atoms with E-state index in [9.17, 15) is 9.59 Å². The van der Waals surface area contributed by atoms with E-state index in [1.54, 1.807) is 11.1 Å². The van der Waals surface area contributed by atoms with Gasteiger partial charge in [-0.15, -0.1) is 0 Å². The van der Waals surface area contributed by atoms with E-state index in [0.717, 1.165) is 25.2 Å². The van der Waals surface area contributed by atoms with Gasteiger partial charge >= 0.3 is 0 Å². The van der Waals surface area contributed by atoms with Gasteiger partial charge in [-0.3, -0.25) is 4.79 Å². The Morgan fingerprint density at radius 1 is 0.900 bits per heavy atom. The molecular formula is C28H40O2. The van der Waals surface area contributed by atoms with Gasteiger partial charge in [0.25, 0.3) is 0 Å². The van der Waals surface area contributed by atoms with E-state index in [0.29, 0.717) is 23.7 Å². The van der Waals surface area contributed by atoms with Crippen LogP contribution in [0.4, 0.5) is 0 Å². The number of aldehydes is 2. The first kappa shape index (κ1) is 20.7. The smallest absolute Gasteiger partial charge is 0.146 e. The molecule has 164 valence electrons. The van der Waals surface area contributed by atoms with Gasteiger partial charge in [-0.1, -0.05) is 57.3 Å². The molecule has 7 atom stereocenters. The highest BCUT2D eigenvalue weighted by Crippen LogP contribution is 2.68. The molecule has 0 aromatic heterocycles. The Morgan fingerprint density at radius 2 is 1.63 bits per heavy atom. The van der Waals surface area contributed by atoms with E-state index in [1.165, 1.54) is 69.5 Å². The first-order chi connectivity index (χ1) is 14.4. The lowest BCUT2D eigenvalue weighted by Crippen LogP contribution is -2.52. The molecule has 30 heavy (non-hydrogen) atoms. The molecule has 0 spiro atoms. The van der Waals surface area contributed by atoms with E-state index in [2.05, 4.69) is 26.8 Å². The maximum atomic E-state index is 12.2. The Hall–Kier alpha value is -1.18. The first-order valence-electron chi connectivity index (χ1n) is 12.8. The third kappa shape index (κ3) is 2.88. The van der Waals surface area contributed by atoms with Crippen molar-refractivity contribution in [3.8, 4) is 0 Å². The summed E-state index contributed by atoms with van der Waals surface area (Å²) >= 11 is 0. The summed E-state index contributed by atoms with van der Waals surface area (Å²) in [7, 11) is 0. The van der Waals surface area contributed by atoms with E-state index in [4.69, 9.17) is 0 Å². The molecule has 0 heterocycles. The second-order valence-corrected chi connectivity index (χ2v) is 11.9. The van der Waals surface area contributed by atoms with Crippen LogP contribution in [0.5, 0.6) is 0 Å². The van der Waals surface area contributed by atoms with Crippen molar-refractivity contribution in [1.29, 1.82) is 0 Å². The molecule has 0 N–H and O–H groups in total. The average Bonchev–Trinajstić information content (AvgIpc) is 3.07. The summed E-state index contributed by atoms with van der Waals surface area (Å²) in [4.78, 5) is 23.7. The molecule has 0 aliphatic heterocycles. The maximum Gasteiger partial charge on any atom is 0.146 e. The third-order valence-corrected chi connectivity index (χ3v) is 10.6. The van der Waals surface area contributed by atoms with Crippen molar-refractivity contribution in [2.45, 2.75) is 91.4 Å². The molecule has 3 saturated carbocycles. The van der Waals surface area contributed by atoms with Crippen molar-refractivity contribution in [3.63, 3.8) is 0 Å². The summed E-state index contributed by atoms with van der Waals surface area (Å²) < 4.78 is 0. The van der Waals surface area contributed by atoms with Gasteiger partial charge in [0.15, 0.2) is 0 Å². The van der Waals surface area contributed by atoms with E-state index < -0.39 is 0 Å². The molecule has 0 radical (unpaired) electrons. The van der Waals surface area contributed by atoms with Crippen LogP contribution in [0, 0.1) is 46.3 Å². The number of fused-ring (bicyclic) bond motifs is 5. The predicted molar refractivity (Wildman–Crippen MR) is 121 cm³/mol. The third-order valence-electron chi connectivity index (χ3n) is 10.6. The van der Waals surface area contributed by atoms with Crippen LogP contribution in [-0.4, -0.2) is 12.6 Å². The van der Waals surface area contributed by atoms with Crippen LogP contribution in [0.15, 0.2) is 22.8 Å². The number of carbonyl (C=O) groups is 2. The van der Waals surface area contributed by atoms with Gasteiger partial charge in [-0.25, -0.2) is 0 Å². The largest absolute Gasteiger partial charge is 0.303 e. The fourth-order valence-corrected chi connectivity index (χ4v) is 9.15. The highest BCUT2D eigenvalue weighted by molar-refractivity contribution is 5.77. The van der Waals surface area contributed by atoms with Crippen LogP contribution in [0.25, 0.3) is 0 Å². The zero-order chi connectivity index (χ0) is 21.1. The fraction of sp³-hybridized carbons (Fsp3) is 0.786.